The lowest BCUT2D eigenvalue weighted by molar-refractivity contribution is 0.0612. The number of carbonyl (C=O) groups excluding carboxylic acids is 1. The van der Waals surface area contributed by atoms with Crippen molar-refractivity contribution in [3.05, 3.63) is 23.2 Å². The largest absolute Gasteiger partial charge is 0.333 e. The van der Waals surface area contributed by atoms with Gasteiger partial charge in [-0.25, -0.2) is 23.1 Å². The molecule has 0 aliphatic carbocycles. The minimum Gasteiger partial charge on any atom is -0.333 e. The Hall–Kier alpha value is -1.25. The lowest BCUT2D eigenvalue weighted by Gasteiger charge is -2.35. The molecule has 0 saturated carbocycles. The SMILES string of the molecule is CS(=O)(=O)NCC1CCCCN1C(=O)c1cnc(Cl)cn1. The molecule has 1 N–H and O–H groups in total. The number of hydrogen-bond donors (Lipinski definition) is 1. The van der Waals surface area contributed by atoms with E-state index in [1.165, 1.54) is 12.4 Å². The van der Waals surface area contributed by atoms with Crippen LogP contribution >= 0.6 is 11.6 Å². The van der Waals surface area contributed by atoms with Crippen LogP contribution in [0.1, 0.15) is 29.8 Å². The Morgan fingerprint density at radius 1 is 1.43 bits per heavy atom. The third kappa shape index (κ3) is 4.62. The second-order valence-electron chi connectivity index (χ2n) is 4.99. The van der Waals surface area contributed by atoms with Crippen LogP contribution in [0.25, 0.3) is 0 Å². The number of amides is 1. The third-order valence-electron chi connectivity index (χ3n) is 3.31. The van der Waals surface area contributed by atoms with Gasteiger partial charge in [-0.15, -0.1) is 0 Å². The lowest BCUT2D eigenvalue weighted by atomic mass is 10.0. The first-order valence-electron chi connectivity index (χ1n) is 6.60. The summed E-state index contributed by atoms with van der Waals surface area (Å²) in [4.78, 5) is 21.9. The Labute approximate surface area is 128 Å². The van der Waals surface area contributed by atoms with Gasteiger partial charge in [-0.3, -0.25) is 4.79 Å². The number of likely N-dealkylation sites (tertiary alicyclic amines) is 1. The average molecular weight is 333 g/mol. The summed E-state index contributed by atoms with van der Waals surface area (Å²) in [5, 5.41) is 0.223. The van der Waals surface area contributed by atoms with Crippen molar-refractivity contribution >= 4 is 27.5 Å². The monoisotopic (exact) mass is 332 g/mol. The first-order valence-corrected chi connectivity index (χ1v) is 8.87. The van der Waals surface area contributed by atoms with Crippen LogP contribution in [0.4, 0.5) is 0 Å². The molecule has 1 fully saturated rings. The van der Waals surface area contributed by atoms with Gasteiger partial charge in [-0.05, 0) is 19.3 Å². The van der Waals surface area contributed by atoms with Gasteiger partial charge in [0.05, 0.1) is 18.6 Å². The summed E-state index contributed by atoms with van der Waals surface area (Å²) in [6, 6.07) is -0.168. The van der Waals surface area contributed by atoms with Gasteiger partial charge in [0.25, 0.3) is 5.91 Å². The molecule has 1 amide bonds. The summed E-state index contributed by atoms with van der Waals surface area (Å²) in [7, 11) is -3.28. The maximum absolute atomic E-state index is 12.4. The number of piperidine rings is 1. The number of halogens is 1. The van der Waals surface area contributed by atoms with Crippen LogP contribution in [0.3, 0.4) is 0 Å². The summed E-state index contributed by atoms with van der Waals surface area (Å²) < 4.78 is 24.9. The van der Waals surface area contributed by atoms with E-state index in [1.807, 2.05) is 0 Å². The highest BCUT2D eigenvalue weighted by molar-refractivity contribution is 7.88. The number of nitrogens with one attached hydrogen (secondary N) is 1. The van der Waals surface area contributed by atoms with Gasteiger partial charge in [0.15, 0.2) is 0 Å². The van der Waals surface area contributed by atoms with E-state index >= 15 is 0 Å². The molecule has 21 heavy (non-hydrogen) atoms. The molecule has 0 radical (unpaired) electrons. The smallest absolute Gasteiger partial charge is 0.274 e. The van der Waals surface area contributed by atoms with Crippen LogP contribution in [0.2, 0.25) is 5.15 Å². The normalized spacial score (nSPS) is 19.5. The van der Waals surface area contributed by atoms with Gasteiger partial charge in [0.1, 0.15) is 10.8 Å². The lowest BCUT2D eigenvalue weighted by Crippen LogP contribution is -2.49. The second-order valence-corrected chi connectivity index (χ2v) is 7.21. The van der Waals surface area contributed by atoms with Crippen molar-refractivity contribution in [2.75, 3.05) is 19.3 Å². The fourth-order valence-corrected chi connectivity index (χ4v) is 2.89. The van der Waals surface area contributed by atoms with E-state index in [9.17, 15) is 13.2 Å². The topological polar surface area (TPSA) is 92.3 Å². The summed E-state index contributed by atoms with van der Waals surface area (Å²) in [5.41, 5.74) is 0.214. The quantitative estimate of drug-likeness (QED) is 0.875. The number of aromatic nitrogens is 2. The van der Waals surface area contributed by atoms with Gasteiger partial charge in [-0.2, -0.15) is 0 Å². The van der Waals surface area contributed by atoms with Crippen molar-refractivity contribution in [1.29, 1.82) is 0 Å². The molecule has 0 aromatic carbocycles. The first kappa shape index (κ1) is 16.1. The van der Waals surface area contributed by atoms with Crippen LogP contribution < -0.4 is 4.72 Å². The molecule has 2 rings (SSSR count). The molecule has 0 spiro atoms. The summed E-state index contributed by atoms with van der Waals surface area (Å²) >= 11 is 5.66. The first-order chi connectivity index (χ1) is 9.87. The zero-order chi connectivity index (χ0) is 15.5. The van der Waals surface area contributed by atoms with Gasteiger partial charge in [0.2, 0.25) is 10.0 Å². The molecule has 116 valence electrons. The maximum Gasteiger partial charge on any atom is 0.274 e. The highest BCUT2D eigenvalue weighted by Crippen LogP contribution is 2.19. The summed E-state index contributed by atoms with van der Waals surface area (Å²) in [5.74, 6) is -0.251. The number of hydrogen-bond acceptors (Lipinski definition) is 5. The third-order valence-corrected chi connectivity index (χ3v) is 4.19. The van der Waals surface area contributed by atoms with Gasteiger partial charge in [-0.1, -0.05) is 11.6 Å². The van der Waals surface area contributed by atoms with Crippen molar-refractivity contribution in [1.82, 2.24) is 19.6 Å². The molecule has 7 nitrogen and oxygen atoms in total. The zero-order valence-electron chi connectivity index (χ0n) is 11.6. The Morgan fingerprint density at radius 2 is 2.19 bits per heavy atom. The van der Waals surface area contributed by atoms with Crippen molar-refractivity contribution in [2.45, 2.75) is 25.3 Å². The van der Waals surface area contributed by atoms with Gasteiger partial charge in [0, 0.05) is 19.1 Å². The molecule has 1 aromatic rings. The van der Waals surface area contributed by atoms with Gasteiger partial charge < -0.3 is 4.90 Å². The molecule has 9 heteroatoms. The molecule has 1 aliphatic rings. The van der Waals surface area contributed by atoms with Crippen molar-refractivity contribution in [3.63, 3.8) is 0 Å². The van der Waals surface area contributed by atoms with E-state index in [0.29, 0.717) is 6.54 Å². The number of rotatable bonds is 4. The van der Waals surface area contributed by atoms with E-state index in [0.717, 1.165) is 25.5 Å². The molecule has 0 bridgehead atoms. The Bertz CT molecular complexity index is 605. The van der Waals surface area contributed by atoms with Crippen LogP contribution in [0.5, 0.6) is 0 Å². The molecular formula is C12H17ClN4O3S. The number of sulfonamides is 1. The van der Waals surface area contributed by atoms with Crippen LogP contribution in [-0.4, -0.2) is 54.6 Å². The molecule has 1 unspecified atom stereocenters. The minimum atomic E-state index is -3.28. The Balaban J connectivity index is 2.10. The zero-order valence-corrected chi connectivity index (χ0v) is 13.2. The van der Waals surface area contributed by atoms with E-state index in [2.05, 4.69) is 14.7 Å². The number of carbonyl (C=O) groups is 1. The van der Waals surface area contributed by atoms with Crippen molar-refractivity contribution in [2.24, 2.45) is 0 Å². The Kier molecular flexibility index (Phi) is 5.13. The van der Waals surface area contributed by atoms with E-state index in [4.69, 9.17) is 11.6 Å². The molecule has 1 aromatic heterocycles. The van der Waals surface area contributed by atoms with Crippen LogP contribution in [0.15, 0.2) is 12.4 Å². The molecule has 1 saturated heterocycles. The van der Waals surface area contributed by atoms with E-state index < -0.39 is 10.0 Å². The average Bonchev–Trinajstić information content (AvgIpc) is 2.45. The predicted octanol–water partition coefficient (Wildman–Crippen LogP) is 0.674. The van der Waals surface area contributed by atoms with Crippen molar-refractivity contribution < 1.29 is 13.2 Å². The Morgan fingerprint density at radius 3 is 2.81 bits per heavy atom. The fraction of sp³-hybridized carbons (Fsp3) is 0.583. The molecule has 1 aliphatic heterocycles. The predicted molar refractivity (Wildman–Crippen MR) is 78.6 cm³/mol. The number of nitrogens with zero attached hydrogens (tertiary/aromatic N) is 3. The highest BCUT2D eigenvalue weighted by Gasteiger charge is 2.28. The van der Waals surface area contributed by atoms with E-state index in [1.54, 1.807) is 4.90 Å². The van der Waals surface area contributed by atoms with Crippen LogP contribution in [-0.2, 0) is 10.0 Å². The fourth-order valence-electron chi connectivity index (χ4n) is 2.30. The summed E-state index contributed by atoms with van der Waals surface area (Å²) in [6.45, 7) is 0.796. The van der Waals surface area contributed by atoms with E-state index in [-0.39, 0.29) is 29.3 Å². The second kappa shape index (κ2) is 6.67. The van der Waals surface area contributed by atoms with Crippen LogP contribution in [0, 0.1) is 0 Å². The standard InChI is InChI=1S/C12H17ClN4O3S/c1-21(19,20)16-6-9-4-2-3-5-17(9)12(18)10-7-15-11(13)8-14-10/h7-9,16H,2-6H2,1H3. The molecule has 2 heterocycles. The molecule has 1 atom stereocenters. The van der Waals surface area contributed by atoms with Gasteiger partial charge >= 0.3 is 0 Å². The maximum atomic E-state index is 12.4. The minimum absolute atomic E-state index is 0.168. The van der Waals surface area contributed by atoms with Crippen molar-refractivity contribution in [3.8, 4) is 0 Å². The summed E-state index contributed by atoms with van der Waals surface area (Å²) in [6.07, 6.45) is 6.37. The molecular weight excluding hydrogens is 316 g/mol. The highest BCUT2D eigenvalue weighted by atomic mass is 35.5.